The van der Waals surface area contributed by atoms with Gasteiger partial charge in [0.15, 0.2) is 12.4 Å². The first kappa shape index (κ1) is 4.05. The predicted octanol–water partition coefficient (Wildman–Crippen LogP) is -0.980. The Morgan fingerprint density at radius 3 is 2.14 bits per heavy atom. The van der Waals surface area contributed by atoms with Crippen molar-refractivity contribution in [2.45, 2.75) is 0 Å². The molecule has 0 aromatic carbocycles. The molecule has 0 radical (unpaired) electrons. The fourth-order valence-corrected chi connectivity index (χ4v) is 0.344. The Balaban J connectivity index is 3.02. The smallest absolute Gasteiger partial charge is 0.407 e. The monoisotopic (exact) mass is 98.0 g/mol. The number of aromatic nitrogens is 2. The predicted molar refractivity (Wildman–Crippen MR) is 21.2 cm³/mol. The van der Waals surface area contributed by atoms with Gasteiger partial charge < -0.3 is 5.11 Å². The topological polar surface area (TPSA) is 48.5 Å². The normalized spacial score (nSPS) is 8.57. The van der Waals surface area contributed by atoms with Gasteiger partial charge in [0.05, 0.1) is 6.07 Å². The SMILES string of the molecule is Oc1[nH+]ccc[nH+]1. The highest BCUT2D eigenvalue weighted by molar-refractivity contribution is 4.67. The molecule has 3 nitrogen and oxygen atoms in total. The van der Waals surface area contributed by atoms with Crippen LogP contribution in [0.4, 0.5) is 0 Å². The van der Waals surface area contributed by atoms with Gasteiger partial charge in [-0.1, -0.05) is 0 Å². The highest BCUT2D eigenvalue weighted by atomic mass is 16.3. The van der Waals surface area contributed by atoms with Crippen molar-refractivity contribution >= 4 is 0 Å². The van der Waals surface area contributed by atoms with Crippen molar-refractivity contribution in [3.8, 4) is 6.01 Å². The lowest BCUT2D eigenvalue weighted by Gasteiger charge is -1.65. The summed E-state index contributed by atoms with van der Waals surface area (Å²) in [6, 6.07) is 1.82. The number of hydrogen-bond acceptors (Lipinski definition) is 1. The van der Waals surface area contributed by atoms with Gasteiger partial charge in [-0.15, -0.1) is 9.97 Å². The van der Waals surface area contributed by atoms with Crippen LogP contribution in [-0.4, -0.2) is 5.11 Å². The van der Waals surface area contributed by atoms with E-state index in [1.807, 2.05) is 0 Å². The Labute approximate surface area is 40.7 Å². The molecule has 0 aliphatic rings. The molecule has 7 heavy (non-hydrogen) atoms. The van der Waals surface area contributed by atoms with Crippen LogP contribution in [0, 0.1) is 0 Å². The number of aromatic hydroxyl groups is 1. The summed E-state index contributed by atoms with van der Waals surface area (Å²) in [5, 5.41) is 8.52. The third-order valence-electron chi connectivity index (χ3n) is 0.633. The Hall–Kier alpha value is -1.12. The van der Waals surface area contributed by atoms with Gasteiger partial charge in [0.2, 0.25) is 0 Å². The summed E-state index contributed by atoms with van der Waals surface area (Å²) < 4.78 is 0. The van der Waals surface area contributed by atoms with E-state index < -0.39 is 0 Å². The van der Waals surface area contributed by atoms with Gasteiger partial charge in [-0.25, -0.2) is 0 Å². The van der Waals surface area contributed by atoms with Crippen LogP contribution in [0.15, 0.2) is 18.5 Å². The van der Waals surface area contributed by atoms with Crippen LogP contribution in [0.25, 0.3) is 0 Å². The third-order valence-corrected chi connectivity index (χ3v) is 0.633. The van der Waals surface area contributed by atoms with Gasteiger partial charge >= 0.3 is 6.01 Å². The maximum Gasteiger partial charge on any atom is 0.624 e. The molecule has 0 aliphatic carbocycles. The Morgan fingerprint density at radius 1 is 1.29 bits per heavy atom. The summed E-state index contributed by atoms with van der Waals surface area (Å²) >= 11 is 0. The zero-order valence-corrected chi connectivity index (χ0v) is 3.68. The molecule has 0 spiro atoms. The van der Waals surface area contributed by atoms with E-state index in [1.165, 1.54) is 0 Å². The molecule has 36 valence electrons. The van der Waals surface area contributed by atoms with Crippen molar-refractivity contribution < 1.29 is 15.1 Å². The van der Waals surface area contributed by atoms with Gasteiger partial charge in [0, 0.05) is 0 Å². The van der Waals surface area contributed by atoms with Crippen LogP contribution >= 0.6 is 0 Å². The second-order valence-electron chi connectivity index (χ2n) is 1.16. The van der Waals surface area contributed by atoms with Crippen LogP contribution in [-0.2, 0) is 0 Å². The summed E-state index contributed by atoms with van der Waals surface area (Å²) in [5.41, 5.74) is 0. The maximum atomic E-state index is 8.52. The van der Waals surface area contributed by atoms with Gasteiger partial charge in [-0.05, 0) is 0 Å². The molecule has 0 saturated carbocycles. The van der Waals surface area contributed by atoms with Crippen molar-refractivity contribution in [2.24, 2.45) is 0 Å². The van der Waals surface area contributed by atoms with Crippen molar-refractivity contribution in [3.63, 3.8) is 0 Å². The van der Waals surface area contributed by atoms with E-state index in [2.05, 4.69) is 9.97 Å². The summed E-state index contributed by atoms with van der Waals surface area (Å²) in [4.78, 5) is 5.06. The third kappa shape index (κ3) is 0.855. The molecule has 1 aromatic heterocycles. The minimum Gasteiger partial charge on any atom is -0.407 e. The highest BCUT2D eigenvalue weighted by Crippen LogP contribution is 1.73. The minimum absolute atomic E-state index is 0.0718. The standard InChI is InChI=1S/C4H4N2O/c7-4-5-2-1-3-6-4/h1-3H,(H,5,6,7)/p+2. The van der Waals surface area contributed by atoms with E-state index in [-0.39, 0.29) is 6.01 Å². The lowest BCUT2D eigenvalue weighted by atomic mass is 10.7. The van der Waals surface area contributed by atoms with Gasteiger partial charge in [-0.2, -0.15) is 0 Å². The molecule has 0 aliphatic heterocycles. The molecule has 0 saturated heterocycles. The molecule has 1 rings (SSSR count). The number of hydrogen-bond donors (Lipinski definition) is 1. The summed E-state index contributed by atoms with van der Waals surface area (Å²) in [6.45, 7) is 0. The first-order valence-electron chi connectivity index (χ1n) is 1.97. The quantitative estimate of drug-likeness (QED) is 0.445. The fourth-order valence-electron chi connectivity index (χ4n) is 0.344. The largest absolute Gasteiger partial charge is 0.624 e. The average Bonchev–Trinajstić information content (AvgIpc) is 1.69. The van der Waals surface area contributed by atoms with E-state index in [1.54, 1.807) is 18.5 Å². The first-order chi connectivity index (χ1) is 3.39. The highest BCUT2D eigenvalue weighted by Gasteiger charge is 1.96. The Bertz CT molecular complexity index is 140. The van der Waals surface area contributed by atoms with Crippen molar-refractivity contribution in [1.29, 1.82) is 0 Å². The van der Waals surface area contributed by atoms with E-state index in [9.17, 15) is 0 Å². The van der Waals surface area contributed by atoms with Gasteiger partial charge in [-0.3, -0.25) is 0 Å². The van der Waals surface area contributed by atoms with E-state index in [0.29, 0.717) is 0 Å². The summed E-state index contributed by atoms with van der Waals surface area (Å²) in [7, 11) is 0. The van der Waals surface area contributed by atoms with E-state index in [0.717, 1.165) is 0 Å². The van der Waals surface area contributed by atoms with E-state index >= 15 is 0 Å². The molecule has 0 bridgehead atoms. The molecular formula is C4H6N2O+2. The van der Waals surface area contributed by atoms with Crippen LogP contribution in [0.1, 0.15) is 0 Å². The zero-order valence-electron chi connectivity index (χ0n) is 3.68. The van der Waals surface area contributed by atoms with Gasteiger partial charge in [0.1, 0.15) is 0 Å². The fraction of sp³-hybridized carbons (Fsp3) is 0. The lowest BCUT2D eigenvalue weighted by Crippen LogP contribution is -2.13. The number of nitrogens with one attached hydrogen (secondary N) is 2. The van der Waals surface area contributed by atoms with Crippen molar-refractivity contribution in [1.82, 2.24) is 0 Å². The molecule has 0 fully saturated rings. The minimum atomic E-state index is 0.0718. The number of aromatic amines is 2. The Morgan fingerprint density at radius 2 is 1.86 bits per heavy atom. The average molecular weight is 98.1 g/mol. The van der Waals surface area contributed by atoms with Crippen LogP contribution in [0.5, 0.6) is 6.01 Å². The van der Waals surface area contributed by atoms with Gasteiger partial charge in [0.25, 0.3) is 0 Å². The van der Waals surface area contributed by atoms with Crippen LogP contribution < -0.4 is 9.97 Å². The first-order valence-corrected chi connectivity index (χ1v) is 1.97. The van der Waals surface area contributed by atoms with Crippen LogP contribution in [0.3, 0.4) is 0 Å². The molecule has 1 aromatic rings. The Kier molecular flexibility index (Phi) is 0.898. The maximum absolute atomic E-state index is 8.52. The molecule has 1 heterocycles. The van der Waals surface area contributed by atoms with Crippen molar-refractivity contribution in [3.05, 3.63) is 18.5 Å². The molecule has 0 unspecified atom stereocenters. The van der Waals surface area contributed by atoms with E-state index in [4.69, 9.17) is 5.11 Å². The number of rotatable bonds is 0. The zero-order chi connectivity index (χ0) is 5.11. The molecule has 0 amide bonds. The molecular weight excluding hydrogens is 92.1 g/mol. The number of H-pyrrole nitrogens is 2. The molecule has 3 heteroatoms. The lowest BCUT2D eigenvalue weighted by molar-refractivity contribution is -0.549. The summed E-state index contributed by atoms with van der Waals surface area (Å²) in [5.74, 6) is 0. The molecule has 0 atom stereocenters. The molecule has 3 N–H and O–H groups in total. The van der Waals surface area contributed by atoms with Crippen molar-refractivity contribution in [2.75, 3.05) is 0 Å². The van der Waals surface area contributed by atoms with Crippen LogP contribution in [0.2, 0.25) is 0 Å². The second kappa shape index (κ2) is 1.55. The summed E-state index contributed by atoms with van der Waals surface area (Å²) in [6.07, 6.45) is 3.26. The second-order valence-corrected chi connectivity index (χ2v) is 1.16.